The van der Waals surface area contributed by atoms with E-state index in [-0.39, 0.29) is 0 Å². The molecule has 4 heteroatoms. The smallest absolute Gasteiger partial charge is 0.195 e. The Kier molecular flexibility index (Phi) is 6.37. The van der Waals surface area contributed by atoms with Crippen LogP contribution in [0.15, 0.2) is 10.6 Å². The van der Waals surface area contributed by atoms with Crippen molar-refractivity contribution < 1.29 is 9.15 Å². The van der Waals surface area contributed by atoms with Crippen LogP contribution in [0.25, 0.3) is 0 Å². The molecule has 0 aromatic carbocycles. The topological polar surface area (TPSA) is 47.3 Å². The first kappa shape index (κ1) is 14.5. The summed E-state index contributed by atoms with van der Waals surface area (Å²) in [5.74, 6) is 2.74. The minimum atomic E-state index is 0.749. The second kappa shape index (κ2) is 8.33. The van der Waals surface area contributed by atoms with E-state index in [1.807, 2.05) is 6.20 Å². The highest BCUT2D eigenvalue weighted by Gasteiger charge is 2.16. The van der Waals surface area contributed by atoms with Gasteiger partial charge in [0.1, 0.15) is 5.76 Å². The van der Waals surface area contributed by atoms with Gasteiger partial charge in [0.05, 0.1) is 12.8 Å². The van der Waals surface area contributed by atoms with E-state index in [4.69, 9.17) is 9.15 Å². The normalized spacial score (nSPS) is 16.9. The van der Waals surface area contributed by atoms with Crippen LogP contribution in [0.2, 0.25) is 0 Å². The average molecular weight is 266 g/mol. The van der Waals surface area contributed by atoms with Crippen molar-refractivity contribution in [2.45, 2.75) is 44.9 Å². The zero-order valence-corrected chi connectivity index (χ0v) is 12.0. The Morgan fingerprint density at radius 1 is 1.32 bits per heavy atom. The third-order valence-corrected chi connectivity index (χ3v) is 3.81. The molecule has 1 aliphatic rings. The molecule has 1 N–H and O–H groups in total. The molecule has 4 nitrogen and oxygen atoms in total. The number of oxazole rings is 1. The minimum Gasteiger partial charge on any atom is -0.446 e. The molecule has 1 heterocycles. The predicted molar refractivity (Wildman–Crippen MR) is 75.2 cm³/mol. The minimum absolute atomic E-state index is 0.749. The van der Waals surface area contributed by atoms with Crippen molar-refractivity contribution in [2.24, 2.45) is 5.92 Å². The van der Waals surface area contributed by atoms with E-state index >= 15 is 0 Å². The molecule has 0 atom stereocenters. The van der Waals surface area contributed by atoms with Crippen LogP contribution in [0.1, 0.15) is 43.8 Å². The van der Waals surface area contributed by atoms with Crippen molar-refractivity contribution in [2.75, 3.05) is 26.8 Å². The number of nitrogens with one attached hydrogen (secondary N) is 1. The first-order chi connectivity index (χ1) is 9.38. The van der Waals surface area contributed by atoms with Gasteiger partial charge >= 0.3 is 0 Å². The Morgan fingerprint density at radius 3 is 2.95 bits per heavy atom. The lowest BCUT2D eigenvalue weighted by Gasteiger charge is -2.19. The van der Waals surface area contributed by atoms with E-state index in [1.165, 1.54) is 32.1 Å². The highest BCUT2D eigenvalue weighted by atomic mass is 16.5. The number of hydrogen-bond acceptors (Lipinski definition) is 4. The quantitative estimate of drug-likeness (QED) is 0.735. The second-order valence-corrected chi connectivity index (χ2v) is 5.42. The fraction of sp³-hybridized carbons (Fsp3) is 0.800. The van der Waals surface area contributed by atoms with Crippen LogP contribution < -0.4 is 5.32 Å². The van der Waals surface area contributed by atoms with Crippen LogP contribution in [0.5, 0.6) is 0 Å². The predicted octanol–water partition coefficient (Wildman–Crippen LogP) is 2.58. The Bertz CT molecular complexity index is 346. The molecular weight excluding hydrogens is 240 g/mol. The molecule has 108 valence electrons. The third kappa shape index (κ3) is 5.33. The molecule has 0 spiro atoms. The molecule has 1 aliphatic carbocycles. The van der Waals surface area contributed by atoms with E-state index in [1.54, 1.807) is 7.11 Å². The molecule has 0 aliphatic heterocycles. The van der Waals surface area contributed by atoms with Crippen molar-refractivity contribution in [3.05, 3.63) is 17.8 Å². The molecule has 19 heavy (non-hydrogen) atoms. The van der Waals surface area contributed by atoms with Gasteiger partial charge in [-0.15, -0.1) is 0 Å². The molecule has 2 rings (SSSR count). The van der Waals surface area contributed by atoms with E-state index in [0.29, 0.717) is 0 Å². The lowest BCUT2D eigenvalue weighted by atomic mass is 9.86. The van der Waals surface area contributed by atoms with E-state index < -0.39 is 0 Å². The summed E-state index contributed by atoms with van der Waals surface area (Å²) < 4.78 is 10.8. The van der Waals surface area contributed by atoms with Crippen molar-refractivity contribution in [1.29, 1.82) is 0 Å². The summed E-state index contributed by atoms with van der Waals surface area (Å²) >= 11 is 0. The SMILES string of the molecule is COCCNCCc1ncc(CC2CCCCC2)o1. The van der Waals surface area contributed by atoms with Crippen LogP contribution in [-0.4, -0.2) is 31.8 Å². The first-order valence-electron chi connectivity index (χ1n) is 7.51. The van der Waals surface area contributed by atoms with Gasteiger partial charge in [-0.25, -0.2) is 4.98 Å². The number of methoxy groups -OCH3 is 1. The summed E-state index contributed by atoms with van der Waals surface area (Å²) in [4.78, 5) is 4.36. The molecule has 0 amide bonds. The van der Waals surface area contributed by atoms with Crippen LogP contribution in [0.3, 0.4) is 0 Å². The monoisotopic (exact) mass is 266 g/mol. The van der Waals surface area contributed by atoms with Crippen LogP contribution >= 0.6 is 0 Å². The van der Waals surface area contributed by atoms with E-state index in [0.717, 1.165) is 50.1 Å². The maximum absolute atomic E-state index is 5.81. The summed E-state index contributed by atoms with van der Waals surface area (Å²) in [6.45, 7) is 2.53. The number of rotatable bonds is 8. The fourth-order valence-electron chi connectivity index (χ4n) is 2.73. The maximum Gasteiger partial charge on any atom is 0.195 e. The molecule has 0 radical (unpaired) electrons. The largest absolute Gasteiger partial charge is 0.446 e. The van der Waals surface area contributed by atoms with Crippen LogP contribution in [0.4, 0.5) is 0 Å². The standard InChI is InChI=1S/C15H26N2O2/c1-18-10-9-16-8-7-15-17-12-14(19-15)11-13-5-3-2-4-6-13/h12-13,16H,2-11H2,1H3. The molecule has 1 aromatic heterocycles. The maximum atomic E-state index is 5.81. The lowest BCUT2D eigenvalue weighted by Crippen LogP contribution is -2.21. The number of hydrogen-bond donors (Lipinski definition) is 1. The molecule has 1 saturated carbocycles. The molecule has 1 aromatic rings. The van der Waals surface area contributed by atoms with E-state index in [2.05, 4.69) is 10.3 Å². The second-order valence-electron chi connectivity index (χ2n) is 5.42. The van der Waals surface area contributed by atoms with Gasteiger partial charge in [0.25, 0.3) is 0 Å². The summed E-state index contributed by atoms with van der Waals surface area (Å²) in [7, 11) is 1.72. The average Bonchev–Trinajstić information content (AvgIpc) is 2.87. The Hall–Kier alpha value is -0.870. The molecule has 1 fully saturated rings. The van der Waals surface area contributed by atoms with Gasteiger partial charge in [-0.05, 0) is 5.92 Å². The Labute approximate surface area is 115 Å². The summed E-state index contributed by atoms with van der Waals surface area (Å²) in [6, 6.07) is 0. The van der Waals surface area contributed by atoms with Crippen LogP contribution in [-0.2, 0) is 17.6 Å². The van der Waals surface area contributed by atoms with Crippen molar-refractivity contribution in [3.8, 4) is 0 Å². The molecule has 0 bridgehead atoms. The lowest BCUT2D eigenvalue weighted by molar-refractivity contribution is 0.199. The summed E-state index contributed by atoms with van der Waals surface area (Å²) in [5, 5.41) is 3.30. The Morgan fingerprint density at radius 2 is 2.16 bits per heavy atom. The van der Waals surface area contributed by atoms with Crippen molar-refractivity contribution in [1.82, 2.24) is 10.3 Å². The molecular formula is C15H26N2O2. The number of nitrogens with zero attached hydrogens (tertiary/aromatic N) is 1. The van der Waals surface area contributed by atoms with Gasteiger partial charge in [0.15, 0.2) is 5.89 Å². The van der Waals surface area contributed by atoms with Gasteiger partial charge < -0.3 is 14.5 Å². The highest BCUT2D eigenvalue weighted by molar-refractivity contribution is 4.96. The van der Waals surface area contributed by atoms with Gasteiger partial charge in [-0.2, -0.15) is 0 Å². The summed E-state index contributed by atoms with van der Waals surface area (Å²) in [6.07, 6.45) is 10.7. The highest BCUT2D eigenvalue weighted by Crippen LogP contribution is 2.26. The molecule has 0 unspecified atom stereocenters. The first-order valence-corrected chi connectivity index (χ1v) is 7.51. The third-order valence-electron chi connectivity index (χ3n) is 3.81. The van der Waals surface area contributed by atoms with Gasteiger partial charge in [-0.1, -0.05) is 32.1 Å². The van der Waals surface area contributed by atoms with E-state index in [9.17, 15) is 0 Å². The van der Waals surface area contributed by atoms with Gasteiger partial charge in [0, 0.05) is 33.0 Å². The van der Waals surface area contributed by atoms with Gasteiger partial charge in [-0.3, -0.25) is 0 Å². The zero-order chi connectivity index (χ0) is 13.3. The Balaban J connectivity index is 1.66. The molecule has 0 saturated heterocycles. The number of ether oxygens (including phenoxy) is 1. The van der Waals surface area contributed by atoms with Gasteiger partial charge in [0.2, 0.25) is 0 Å². The fourth-order valence-corrected chi connectivity index (χ4v) is 2.73. The van der Waals surface area contributed by atoms with Crippen LogP contribution in [0, 0.1) is 5.92 Å². The number of aromatic nitrogens is 1. The van der Waals surface area contributed by atoms with Crippen molar-refractivity contribution in [3.63, 3.8) is 0 Å². The van der Waals surface area contributed by atoms with Crippen molar-refractivity contribution >= 4 is 0 Å². The summed E-state index contributed by atoms with van der Waals surface area (Å²) in [5.41, 5.74) is 0. The zero-order valence-electron chi connectivity index (χ0n) is 12.0.